The number of aryl methyl sites for hydroxylation is 1. The summed E-state index contributed by atoms with van der Waals surface area (Å²) in [6.07, 6.45) is 8.03. The van der Waals surface area contributed by atoms with Crippen LogP contribution in [-0.2, 0) is 9.53 Å². The van der Waals surface area contributed by atoms with Crippen LogP contribution in [-0.4, -0.2) is 19.0 Å². The molecule has 1 aliphatic rings. The van der Waals surface area contributed by atoms with Crippen LogP contribution >= 0.6 is 0 Å². The highest BCUT2D eigenvalue weighted by Gasteiger charge is 2.15. The van der Waals surface area contributed by atoms with Gasteiger partial charge in [0.1, 0.15) is 0 Å². The molecule has 0 aromatic heterocycles. The Labute approximate surface area is 132 Å². The summed E-state index contributed by atoms with van der Waals surface area (Å²) in [5.74, 6) is 0.403. The molecule has 0 spiro atoms. The minimum Gasteiger partial charge on any atom is -0.465 e. The summed E-state index contributed by atoms with van der Waals surface area (Å²) in [6, 6.07) is 5.18. The van der Waals surface area contributed by atoms with Gasteiger partial charge in [-0.25, -0.2) is 4.79 Å². The van der Waals surface area contributed by atoms with Crippen molar-refractivity contribution in [3.05, 3.63) is 29.3 Å². The van der Waals surface area contributed by atoms with E-state index in [0.717, 1.165) is 17.7 Å². The molecule has 0 saturated heterocycles. The fraction of sp³-hybridized carbons (Fsp3) is 0.556. The molecule has 120 valence electrons. The number of nitrogens with one attached hydrogen (secondary N) is 1. The van der Waals surface area contributed by atoms with Crippen molar-refractivity contribution < 1.29 is 14.3 Å². The van der Waals surface area contributed by atoms with E-state index in [1.54, 1.807) is 18.2 Å². The first-order valence-electron chi connectivity index (χ1n) is 8.09. The lowest BCUT2D eigenvalue weighted by atomic mass is 9.86. The Balaban J connectivity index is 1.86. The second-order valence-electron chi connectivity index (χ2n) is 6.11. The summed E-state index contributed by atoms with van der Waals surface area (Å²) in [5, 5.41) is 2.94. The van der Waals surface area contributed by atoms with Crippen LogP contribution in [0.1, 0.15) is 60.9 Å². The average Bonchev–Trinajstić information content (AvgIpc) is 2.55. The van der Waals surface area contributed by atoms with Gasteiger partial charge in [0.05, 0.1) is 12.7 Å². The monoisotopic (exact) mass is 303 g/mol. The number of amides is 1. The summed E-state index contributed by atoms with van der Waals surface area (Å²) < 4.78 is 4.69. The maximum Gasteiger partial charge on any atom is 0.337 e. The van der Waals surface area contributed by atoms with E-state index in [1.807, 2.05) is 6.92 Å². The van der Waals surface area contributed by atoms with E-state index in [-0.39, 0.29) is 11.9 Å². The van der Waals surface area contributed by atoms with Crippen molar-refractivity contribution in [3.8, 4) is 0 Å². The van der Waals surface area contributed by atoms with Gasteiger partial charge < -0.3 is 10.1 Å². The summed E-state index contributed by atoms with van der Waals surface area (Å²) in [5.41, 5.74) is 2.13. The molecule has 1 amide bonds. The van der Waals surface area contributed by atoms with Gasteiger partial charge >= 0.3 is 5.97 Å². The third kappa shape index (κ3) is 4.58. The number of carbonyl (C=O) groups excluding carboxylic acids is 2. The molecule has 1 aliphatic carbocycles. The number of hydrogen-bond donors (Lipinski definition) is 1. The van der Waals surface area contributed by atoms with Gasteiger partial charge in [-0.1, -0.05) is 32.1 Å². The molecule has 0 heterocycles. The lowest BCUT2D eigenvalue weighted by Gasteiger charge is -2.21. The number of benzene rings is 1. The number of rotatable bonds is 5. The van der Waals surface area contributed by atoms with Crippen molar-refractivity contribution in [1.29, 1.82) is 0 Å². The summed E-state index contributed by atoms with van der Waals surface area (Å²) in [6.45, 7) is 1.88. The summed E-state index contributed by atoms with van der Waals surface area (Å²) in [4.78, 5) is 23.5. The predicted molar refractivity (Wildman–Crippen MR) is 87.0 cm³/mol. The van der Waals surface area contributed by atoms with Gasteiger partial charge in [0, 0.05) is 12.1 Å². The zero-order valence-corrected chi connectivity index (χ0v) is 13.5. The van der Waals surface area contributed by atoms with Crippen molar-refractivity contribution in [2.45, 2.75) is 51.9 Å². The minimum atomic E-state index is -0.363. The van der Waals surface area contributed by atoms with E-state index in [4.69, 9.17) is 4.74 Å². The number of carbonyl (C=O) groups is 2. The van der Waals surface area contributed by atoms with Gasteiger partial charge in [0.25, 0.3) is 0 Å². The van der Waals surface area contributed by atoms with Gasteiger partial charge in [-0.3, -0.25) is 4.79 Å². The summed E-state index contributed by atoms with van der Waals surface area (Å²) >= 11 is 0. The second-order valence-corrected chi connectivity index (χ2v) is 6.11. The molecule has 4 nitrogen and oxygen atoms in total. The van der Waals surface area contributed by atoms with Gasteiger partial charge in [-0.05, 0) is 43.0 Å². The standard InChI is InChI=1S/C18H25NO3/c1-13-12-15(18(21)22-2)9-10-16(13)19-17(20)11-8-14-6-4-3-5-7-14/h9-10,12,14H,3-8,11H2,1-2H3,(H,19,20). The lowest BCUT2D eigenvalue weighted by molar-refractivity contribution is -0.116. The maximum absolute atomic E-state index is 12.1. The molecule has 0 atom stereocenters. The molecule has 1 aromatic rings. The minimum absolute atomic E-state index is 0.0551. The van der Waals surface area contributed by atoms with Crippen molar-refractivity contribution in [2.24, 2.45) is 5.92 Å². The van der Waals surface area contributed by atoms with Gasteiger partial charge in [0.2, 0.25) is 5.91 Å². The molecule has 22 heavy (non-hydrogen) atoms. The topological polar surface area (TPSA) is 55.4 Å². The Hall–Kier alpha value is -1.84. The van der Waals surface area contributed by atoms with Crippen LogP contribution in [0.2, 0.25) is 0 Å². The quantitative estimate of drug-likeness (QED) is 0.834. The van der Waals surface area contributed by atoms with Crippen LogP contribution in [0.25, 0.3) is 0 Å². The molecule has 0 unspecified atom stereocenters. The van der Waals surface area contributed by atoms with Crippen molar-refractivity contribution in [1.82, 2.24) is 0 Å². The number of esters is 1. The molecule has 0 aliphatic heterocycles. The molecule has 4 heteroatoms. The Morgan fingerprint density at radius 1 is 1.23 bits per heavy atom. The van der Waals surface area contributed by atoms with E-state index in [1.165, 1.54) is 39.2 Å². The maximum atomic E-state index is 12.1. The van der Waals surface area contributed by atoms with Crippen LogP contribution in [0, 0.1) is 12.8 Å². The first-order valence-corrected chi connectivity index (χ1v) is 8.09. The van der Waals surface area contributed by atoms with E-state index in [0.29, 0.717) is 17.9 Å². The van der Waals surface area contributed by atoms with Gasteiger partial charge in [0.15, 0.2) is 0 Å². The summed E-state index contributed by atoms with van der Waals surface area (Å²) in [7, 11) is 1.36. The smallest absolute Gasteiger partial charge is 0.337 e. The molecule has 1 fully saturated rings. The molecular formula is C18H25NO3. The average molecular weight is 303 g/mol. The third-order valence-corrected chi connectivity index (χ3v) is 4.43. The Kier molecular flexibility index (Phi) is 5.99. The van der Waals surface area contributed by atoms with Crippen molar-refractivity contribution >= 4 is 17.6 Å². The zero-order valence-electron chi connectivity index (χ0n) is 13.5. The number of anilines is 1. The Morgan fingerprint density at radius 2 is 1.95 bits per heavy atom. The fourth-order valence-electron chi connectivity index (χ4n) is 3.07. The molecule has 1 aromatic carbocycles. The van der Waals surface area contributed by atoms with Gasteiger partial charge in [-0.15, -0.1) is 0 Å². The molecule has 0 radical (unpaired) electrons. The number of methoxy groups -OCH3 is 1. The van der Waals surface area contributed by atoms with Crippen molar-refractivity contribution in [3.63, 3.8) is 0 Å². The Bertz CT molecular complexity index is 533. The van der Waals surface area contributed by atoms with E-state index >= 15 is 0 Å². The molecule has 0 bridgehead atoms. The third-order valence-electron chi connectivity index (χ3n) is 4.43. The highest BCUT2D eigenvalue weighted by Crippen LogP contribution is 2.27. The van der Waals surface area contributed by atoms with Crippen LogP contribution in [0.5, 0.6) is 0 Å². The van der Waals surface area contributed by atoms with E-state index in [2.05, 4.69) is 5.32 Å². The fourth-order valence-corrected chi connectivity index (χ4v) is 3.07. The normalized spacial score (nSPS) is 15.4. The molecular weight excluding hydrogens is 278 g/mol. The molecule has 1 N–H and O–H groups in total. The van der Waals surface area contributed by atoms with Crippen LogP contribution in [0.3, 0.4) is 0 Å². The van der Waals surface area contributed by atoms with Crippen molar-refractivity contribution in [2.75, 3.05) is 12.4 Å². The number of ether oxygens (including phenoxy) is 1. The Morgan fingerprint density at radius 3 is 2.59 bits per heavy atom. The SMILES string of the molecule is COC(=O)c1ccc(NC(=O)CCC2CCCCC2)c(C)c1. The van der Waals surface area contributed by atoms with Gasteiger partial charge in [-0.2, -0.15) is 0 Å². The molecule has 2 rings (SSSR count). The highest BCUT2D eigenvalue weighted by molar-refractivity contribution is 5.94. The zero-order chi connectivity index (χ0) is 15.9. The number of hydrogen-bond acceptors (Lipinski definition) is 3. The highest BCUT2D eigenvalue weighted by atomic mass is 16.5. The predicted octanol–water partition coefficient (Wildman–Crippen LogP) is 4.08. The second kappa shape index (κ2) is 7.97. The van der Waals surface area contributed by atoms with E-state index < -0.39 is 0 Å². The first-order chi connectivity index (χ1) is 10.6. The lowest BCUT2D eigenvalue weighted by Crippen LogP contribution is -2.15. The van der Waals surface area contributed by atoms with Crippen LogP contribution < -0.4 is 5.32 Å². The van der Waals surface area contributed by atoms with Crippen LogP contribution in [0.15, 0.2) is 18.2 Å². The molecule has 1 saturated carbocycles. The first kappa shape index (κ1) is 16.5. The van der Waals surface area contributed by atoms with Crippen LogP contribution in [0.4, 0.5) is 5.69 Å². The van der Waals surface area contributed by atoms with E-state index in [9.17, 15) is 9.59 Å². The largest absolute Gasteiger partial charge is 0.465 e.